The highest BCUT2D eigenvalue weighted by atomic mass is 79.9. The molecule has 0 saturated carbocycles. The summed E-state index contributed by atoms with van der Waals surface area (Å²) >= 11 is 10.8. The Hall–Kier alpha value is -1.57. The molecule has 0 aromatic heterocycles. The monoisotopic (exact) mass is 414 g/mol. The van der Waals surface area contributed by atoms with Gasteiger partial charge in [0.25, 0.3) is 5.69 Å². The number of nitrogens with zero attached hydrogens (tertiary/aromatic N) is 1. The van der Waals surface area contributed by atoms with E-state index in [0.29, 0.717) is 5.69 Å². The van der Waals surface area contributed by atoms with Crippen molar-refractivity contribution in [2.24, 2.45) is 0 Å². The van der Waals surface area contributed by atoms with Gasteiger partial charge in [0, 0.05) is 21.5 Å². The topological polar surface area (TPSA) is 72.2 Å². The number of halogens is 2. The minimum atomic E-state index is -0.539. The lowest BCUT2D eigenvalue weighted by Gasteiger charge is -2.13. The van der Waals surface area contributed by atoms with Crippen molar-refractivity contribution >= 4 is 56.6 Å². The summed E-state index contributed by atoms with van der Waals surface area (Å²) in [6.07, 6.45) is 0. The smallest absolute Gasteiger partial charge is 0.271 e. The van der Waals surface area contributed by atoms with E-state index in [2.05, 4.69) is 21.2 Å². The number of non-ortho nitro benzene ring substituents is 1. The van der Waals surface area contributed by atoms with Gasteiger partial charge in [0.15, 0.2) is 0 Å². The van der Waals surface area contributed by atoms with E-state index in [1.54, 1.807) is 6.92 Å². The van der Waals surface area contributed by atoms with Gasteiger partial charge in [-0.3, -0.25) is 14.9 Å². The lowest BCUT2D eigenvalue weighted by Crippen LogP contribution is -2.22. The van der Waals surface area contributed by atoms with Crippen molar-refractivity contribution in [3.63, 3.8) is 0 Å². The van der Waals surface area contributed by atoms with E-state index in [0.717, 1.165) is 9.37 Å². The van der Waals surface area contributed by atoms with Crippen molar-refractivity contribution in [3.8, 4) is 0 Å². The van der Waals surface area contributed by atoms with E-state index in [1.807, 2.05) is 24.3 Å². The molecule has 0 aliphatic heterocycles. The molecule has 0 aliphatic rings. The molecule has 0 saturated heterocycles. The SMILES string of the molecule is CC(Sc1ccccc1Br)C(=O)Nc1ccc([N+](=O)[O-])cc1Cl. The Labute approximate surface area is 150 Å². The van der Waals surface area contributed by atoms with E-state index < -0.39 is 4.92 Å². The van der Waals surface area contributed by atoms with Gasteiger partial charge >= 0.3 is 0 Å². The molecule has 1 N–H and O–H groups in total. The molecule has 1 atom stereocenters. The highest BCUT2D eigenvalue weighted by Crippen LogP contribution is 2.32. The van der Waals surface area contributed by atoms with Crippen LogP contribution in [-0.4, -0.2) is 16.1 Å². The highest BCUT2D eigenvalue weighted by Gasteiger charge is 2.18. The van der Waals surface area contributed by atoms with Crippen LogP contribution in [0, 0.1) is 10.1 Å². The molecule has 0 fully saturated rings. The van der Waals surface area contributed by atoms with Crippen LogP contribution in [0.4, 0.5) is 11.4 Å². The Bertz CT molecular complexity index is 757. The lowest BCUT2D eigenvalue weighted by molar-refractivity contribution is -0.384. The first-order valence-electron chi connectivity index (χ1n) is 6.54. The van der Waals surface area contributed by atoms with E-state index in [9.17, 15) is 14.9 Å². The van der Waals surface area contributed by atoms with Crippen LogP contribution in [0.3, 0.4) is 0 Å². The van der Waals surface area contributed by atoms with Gasteiger partial charge in [0.05, 0.1) is 20.9 Å². The fourth-order valence-electron chi connectivity index (χ4n) is 1.74. The number of carbonyl (C=O) groups is 1. The van der Waals surface area contributed by atoms with Crippen LogP contribution in [0.2, 0.25) is 5.02 Å². The van der Waals surface area contributed by atoms with Crippen LogP contribution in [0.5, 0.6) is 0 Å². The maximum Gasteiger partial charge on any atom is 0.271 e. The summed E-state index contributed by atoms with van der Waals surface area (Å²) in [6, 6.07) is 11.5. The Kier molecular flexibility index (Phi) is 6.04. The number of thioether (sulfide) groups is 1. The number of anilines is 1. The predicted octanol–water partition coefficient (Wildman–Crippen LogP) is 5.13. The van der Waals surface area contributed by atoms with Gasteiger partial charge in [-0.1, -0.05) is 23.7 Å². The quantitative estimate of drug-likeness (QED) is 0.417. The van der Waals surface area contributed by atoms with Gasteiger partial charge in [-0.15, -0.1) is 11.8 Å². The summed E-state index contributed by atoms with van der Waals surface area (Å²) in [5.41, 5.74) is 0.227. The zero-order valence-corrected chi connectivity index (χ0v) is 15.1. The summed E-state index contributed by atoms with van der Waals surface area (Å²) < 4.78 is 0.915. The molecule has 0 radical (unpaired) electrons. The molecular weight excluding hydrogens is 404 g/mol. The van der Waals surface area contributed by atoms with Crippen molar-refractivity contribution in [2.45, 2.75) is 17.1 Å². The first kappa shape index (κ1) is 17.8. The van der Waals surface area contributed by atoms with Crippen LogP contribution in [0.25, 0.3) is 0 Å². The number of hydrogen-bond acceptors (Lipinski definition) is 4. The minimum Gasteiger partial charge on any atom is -0.324 e. The van der Waals surface area contributed by atoms with Crippen LogP contribution in [-0.2, 0) is 4.79 Å². The number of hydrogen-bond donors (Lipinski definition) is 1. The van der Waals surface area contributed by atoms with Crippen LogP contribution in [0.15, 0.2) is 51.8 Å². The summed E-state index contributed by atoms with van der Waals surface area (Å²) in [6.45, 7) is 1.78. The maximum atomic E-state index is 12.3. The number of nitro benzene ring substituents is 1. The Morgan fingerprint density at radius 3 is 2.65 bits per heavy atom. The molecule has 0 spiro atoms. The second-order valence-corrected chi connectivity index (χ2v) is 7.25. The lowest BCUT2D eigenvalue weighted by atomic mass is 10.2. The van der Waals surface area contributed by atoms with E-state index >= 15 is 0 Å². The van der Waals surface area contributed by atoms with Gasteiger partial charge in [-0.2, -0.15) is 0 Å². The number of rotatable bonds is 5. The zero-order valence-electron chi connectivity index (χ0n) is 12.0. The largest absolute Gasteiger partial charge is 0.324 e. The summed E-state index contributed by atoms with van der Waals surface area (Å²) in [5.74, 6) is -0.235. The molecular formula is C15H12BrClN2O3S. The summed E-state index contributed by atoms with van der Waals surface area (Å²) in [7, 11) is 0. The van der Waals surface area contributed by atoms with E-state index in [4.69, 9.17) is 11.6 Å². The third-order valence-corrected chi connectivity index (χ3v) is 5.38. The van der Waals surface area contributed by atoms with Crippen molar-refractivity contribution in [3.05, 3.63) is 62.1 Å². The molecule has 0 heterocycles. The molecule has 0 aliphatic carbocycles. The number of carbonyl (C=O) groups excluding carboxylic acids is 1. The van der Waals surface area contributed by atoms with Gasteiger partial charge in [-0.25, -0.2) is 0 Å². The van der Waals surface area contributed by atoms with Crippen molar-refractivity contribution in [1.82, 2.24) is 0 Å². The molecule has 2 aromatic carbocycles. The minimum absolute atomic E-state index is 0.122. The molecule has 23 heavy (non-hydrogen) atoms. The Balaban J connectivity index is 2.07. The predicted molar refractivity (Wildman–Crippen MR) is 96.2 cm³/mol. The molecule has 0 bridgehead atoms. The number of nitrogens with one attached hydrogen (secondary N) is 1. The number of benzene rings is 2. The fourth-order valence-corrected chi connectivity index (χ4v) is 3.41. The molecule has 2 rings (SSSR count). The maximum absolute atomic E-state index is 12.3. The highest BCUT2D eigenvalue weighted by molar-refractivity contribution is 9.10. The molecule has 1 amide bonds. The summed E-state index contributed by atoms with van der Waals surface area (Å²) in [5, 5.41) is 13.1. The second-order valence-electron chi connectivity index (χ2n) is 4.60. The molecule has 8 heteroatoms. The molecule has 5 nitrogen and oxygen atoms in total. The first-order chi connectivity index (χ1) is 10.9. The third kappa shape index (κ3) is 4.70. The number of amides is 1. The van der Waals surface area contributed by atoms with Gasteiger partial charge in [0.2, 0.25) is 5.91 Å². The third-order valence-electron chi connectivity index (χ3n) is 2.93. The normalized spacial score (nSPS) is 11.8. The zero-order chi connectivity index (χ0) is 17.0. The van der Waals surface area contributed by atoms with Gasteiger partial charge in [0.1, 0.15) is 0 Å². The van der Waals surface area contributed by atoms with Crippen LogP contribution < -0.4 is 5.32 Å². The molecule has 2 aromatic rings. The Morgan fingerprint density at radius 2 is 2.04 bits per heavy atom. The van der Waals surface area contributed by atoms with E-state index in [1.165, 1.54) is 30.0 Å². The second kappa shape index (κ2) is 7.81. The molecule has 1 unspecified atom stereocenters. The van der Waals surface area contributed by atoms with Gasteiger partial charge in [-0.05, 0) is 41.1 Å². The van der Waals surface area contributed by atoms with E-state index in [-0.39, 0.29) is 21.9 Å². The van der Waals surface area contributed by atoms with Crippen LogP contribution in [0.1, 0.15) is 6.92 Å². The standard InChI is InChI=1S/C15H12BrClN2O3S/c1-9(23-14-5-3-2-4-11(14)16)15(20)18-13-7-6-10(19(21)22)8-12(13)17/h2-9H,1H3,(H,18,20). The van der Waals surface area contributed by atoms with Gasteiger partial charge < -0.3 is 5.32 Å². The summed E-state index contributed by atoms with van der Waals surface area (Å²) in [4.78, 5) is 23.4. The van der Waals surface area contributed by atoms with Crippen LogP contribution >= 0.6 is 39.3 Å². The molecule has 120 valence electrons. The van der Waals surface area contributed by atoms with Crippen molar-refractivity contribution < 1.29 is 9.72 Å². The average molecular weight is 416 g/mol. The van der Waals surface area contributed by atoms with Crippen molar-refractivity contribution in [1.29, 1.82) is 0 Å². The first-order valence-corrected chi connectivity index (χ1v) is 8.59. The number of nitro groups is 1. The fraction of sp³-hybridized carbons (Fsp3) is 0.133. The average Bonchev–Trinajstić information content (AvgIpc) is 2.51. The Morgan fingerprint density at radius 1 is 1.35 bits per heavy atom. The van der Waals surface area contributed by atoms with Crippen molar-refractivity contribution in [2.75, 3.05) is 5.32 Å².